The van der Waals surface area contributed by atoms with Gasteiger partial charge in [0.25, 0.3) is 0 Å². The number of H-pyrrole nitrogens is 1. The highest BCUT2D eigenvalue weighted by Crippen LogP contribution is 2.27. The number of aromatic hydroxyl groups is 1. The molecule has 3 N–H and O–H groups in total. The molecule has 0 radical (unpaired) electrons. The Morgan fingerprint density at radius 3 is 2.73 bits per heavy atom. The first-order valence-electron chi connectivity index (χ1n) is 10.5. The molecule has 1 saturated heterocycles. The van der Waals surface area contributed by atoms with E-state index in [0.29, 0.717) is 12.3 Å². The number of fused-ring (bicyclic) bond motifs is 1. The predicted octanol–water partition coefficient (Wildman–Crippen LogP) is 3.34. The van der Waals surface area contributed by atoms with E-state index in [1.54, 1.807) is 18.2 Å². The lowest BCUT2D eigenvalue weighted by molar-refractivity contribution is 0.370. The van der Waals surface area contributed by atoms with Crippen molar-refractivity contribution >= 4 is 22.5 Å². The summed E-state index contributed by atoms with van der Waals surface area (Å²) in [5, 5.41) is 14.4. The van der Waals surface area contributed by atoms with Crippen LogP contribution < -0.4 is 10.2 Å². The number of benzene rings is 2. The van der Waals surface area contributed by atoms with E-state index in [0.717, 1.165) is 67.3 Å². The van der Waals surface area contributed by atoms with Crippen molar-refractivity contribution < 1.29 is 9.50 Å². The molecular weight excluding hydrogens is 381 g/mol. The zero-order valence-electron chi connectivity index (χ0n) is 17.2. The van der Waals surface area contributed by atoms with Gasteiger partial charge < -0.3 is 25.2 Å². The van der Waals surface area contributed by atoms with E-state index < -0.39 is 0 Å². The fourth-order valence-corrected chi connectivity index (χ4v) is 3.96. The molecule has 0 saturated carbocycles. The average molecular weight is 410 g/mol. The first-order chi connectivity index (χ1) is 14.7. The van der Waals surface area contributed by atoms with Crippen molar-refractivity contribution in [1.82, 2.24) is 15.2 Å². The van der Waals surface area contributed by atoms with Gasteiger partial charge in [0.05, 0.1) is 5.69 Å². The highest BCUT2D eigenvalue weighted by atomic mass is 19.1. The molecule has 1 aliphatic heterocycles. The number of rotatable bonds is 5. The van der Waals surface area contributed by atoms with Crippen LogP contribution in [0.4, 0.5) is 10.1 Å². The number of halogens is 1. The summed E-state index contributed by atoms with van der Waals surface area (Å²) in [6.45, 7) is 6.81. The van der Waals surface area contributed by atoms with Crippen LogP contribution in [0, 0.1) is 5.82 Å². The summed E-state index contributed by atoms with van der Waals surface area (Å²) in [7, 11) is 0. The maximum absolute atomic E-state index is 13.6. The predicted molar refractivity (Wildman–Crippen MR) is 120 cm³/mol. The molecule has 3 aromatic rings. The third kappa shape index (κ3) is 4.35. The highest BCUT2D eigenvalue weighted by Gasteiger charge is 2.21. The summed E-state index contributed by atoms with van der Waals surface area (Å²) in [5.41, 5.74) is 2.90. The number of hydrogen-bond acceptors (Lipinski definition) is 3. The second-order valence-electron chi connectivity index (χ2n) is 7.45. The van der Waals surface area contributed by atoms with Crippen molar-refractivity contribution in [3.8, 4) is 5.75 Å². The molecule has 0 unspecified atom stereocenters. The Hall–Kier alpha value is -3.22. The van der Waals surface area contributed by atoms with E-state index in [-0.39, 0.29) is 5.82 Å². The highest BCUT2D eigenvalue weighted by molar-refractivity contribution is 5.83. The summed E-state index contributed by atoms with van der Waals surface area (Å²) >= 11 is 0. The quantitative estimate of drug-likeness (QED) is 0.447. The van der Waals surface area contributed by atoms with Crippen LogP contribution in [-0.2, 0) is 6.42 Å². The van der Waals surface area contributed by atoms with Gasteiger partial charge in [-0.05, 0) is 49.2 Å². The molecule has 158 valence electrons. The van der Waals surface area contributed by atoms with Gasteiger partial charge in [-0.25, -0.2) is 4.39 Å². The van der Waals surface area contributed by atoms with Crippen LogP contribution in [0.5, 0.6) is 5.75 Å². The number of aromatic nitrogens is 1. The molecule has 6 nitrogen and oxygen atoms in total. The Balaban J connectivity index is 1.39. The van der Waals surface area contributed by atoms with Crippen LogP contribution >= 0.6 is 0 Å². The molecule has 1 aromatic heterocycles. The van der Waals surface area contributed by atoms with Crippen LogP contribution in [0.15, 0.2) is 53.7 Å². The lowest BCUT2D eigenvalue weighted by Crippen LogP contribution is -2.52. The topological polar surface area (TPSA) is 66.9 Å². The third-order valence-electron chi connectivity index (χ3n) is 5.51. The van der Waals surface area contributed by atoms with Gasteiger partial charge in [0.1, 0.15) is 11.6 Å². The molecule has 0 aliphatic carbocycles. The Labute approximate surface area is 176 Å². The van der Waals surface area contributed by atoms with Crippen LogP contribution in [-0.4, -0.2) is 60.2 Å². The second-order valence-corrected chi connectivity index (χ2v) is 7.45. The van der Waals surface area contributed by atoms with Crippen molar-refractivity contribution in [3.05, 3.63) is 60.0 Å². The molecule has 30 heavy (non-hydrogen) atoms. The molecular formula is C23H28FN5O. The van der Waals surface area contributed by atoms with Gasteiger partial charge in [-0.2, -0.15) is 0 Å². The number of nitrogens with zero attached hydrogens (tertiary/aromatic N) is 3. The molecule has 0 amide bonds. The molecule has 1 fully saturated rings. The van der Waals surface area contributed by atoms with Crippen LogP contribution in [0.25, 0.3) is 10.9 Å². The standard InChI is InChI=1S/C23H28FN5O/c1-2-25-23(26-10-9-17-16-27-20-8-7-18(24)15-19(17)20)29-13-11-28(12-14-29)21-5-3-4-6-22(21)30/h3-8,15-16,27,30H,2,9-14H2,1H3,(H,25,26). The van der Waals surface area contributed by atoms with Crippen LogP contribution in [0.1, 0.15) is 12.5 Å². The van der Waals surface area contributed by atoms with Crippen LogP contribution in [0.3, 0.4) is 0 Å². The smallest absolute Gasteiger partial charge is 0.194 e. The first kappa shape index (κ1) is 20.1. The van der Waals surface area contributed by atoms with Gasteiger partial charge in [0.2, 0.25) is 0 Å². The fraction of sp³-hybridized carbons (Fsp3) is 0.348. The summed E-state index contributed by atoms with van der Waals surface area (Å²) in [5.74, 6) is 1.00. The van der Waals surface area contributed by atoms with E-state index in [2.05, 4.69) is 27.0 Å². The minimum Gasteiger partial charge on any atom is -0.506 e. The van der Waals surface area contributed by atoms with Gasteiger partial charge in [-0.15, -0.1) is 0 Å². The molecule has 2 heterocycles. The number of piperazine rings is 1. The van der Waals surface area contributed by atoms with Crippen LogP contribution in [0.2, 0.25) is 0 Å². The molecule has 2 aromatic carbocycles. The van der Waals surface area contributed by atoms with Gasteiger partial charge in [0, 0.05) is 56.4 Å². The van der Waals surface area contributed by atoms with Gasteiger partial charge >= 0.3 is 0 Å². The summed E-state index contributed by atoms with van der Waals surface area (Å²) in [6, 6.07) is 12.3. The molecule has 4 rings (SSSR count). The summed E-state index contributed by atoms with van der Waals surface area (Å²) in [4.78, 5) is 12.5. The lowest BCUT2D eigenvalue weighted by atomic mass is 10.1. The minimum absolute atomic E-state index is 0.220. The van der Waals surface area contributed by atoms with Gasteiger partial charge in [0.15, 0.2) is 5.96 Å². The van der Waals surface area contributed by atoms with Crippen molar-refractivity contribution in [1.29, 1.82) is 0 Å². The molecule has 0 bridgehead atoms. The Kier molecular flexibility index (Phi) is 6.07. The second kappa shape index (κ2) is 9.07. The maximum atomic E-state index is 13.6. The zero-order chi connectivity index (χ0) is 20.9. The lowest BCUT2D eigenvalue weighted by Gasteiger charge is -2.37. The molecule has 0 spiro atoms. The Bertz CT molecular complexity index is 1020. The number of guanidine groups is 1. The number of para-hydroxylation sites is 2. The number of phenolic OH excluding ortho intramolecular Hbond substituents is 1. The SMILES string of the molecule is CCNC(=NCCc1c[nH]c2ccc(F)cc12)N1CCN(c2ccccc2O)CC1. The third-order valence-corrected chi connectivity index (χ3v) is 5.51. The number of nitrogens with one attached hydrogen (secondary N) is 2. The molecule has 7 heteroatoms. The molecule has 0 atom stereocenters. The molecule has 1 aliphatic rings. The van der Waals surface area contributed by atoms with E-state index in [1.165, 1.54) is 6.07 Å². The number of aromatic amines is 1. The van der Waals surface area contributed by atoms with Gasteiger partial charge in [-0.3, -0.25) is 4.99 Å². The monoisotopic (exact) mass is 409 g/mol. The van der Waals surface area contributed by atoms with Crippen molar-refractivity contribution in [2.24, 2.45) is 4.99 Å². The van der Waals surface area contributed by atoms with E-state index in [9.17, 15) is 9.50 Å². The number of anilines is 1. The summed E-state index contributed by atoms with van der Waals surface area (Å²) in [6.07, 6.45) is 2.69. The Morgan fingerprint density at radius 2 is 1.97 bits per heavy atom. The van der Waals surface area contributed by atoms with E-state index in [4.69, 9.17) is 4.99 Å². The summed E-state index contributed by atoms with van der Waals surface area (Å²) < 4.78 is 13.6. The number of aliphatic imine (C=N–C) groups is 1. The number of hydrogen-bond donors (Lipinski definition) is 3. The maximum Gasteiger partial charge on any atom is 0.194 e. The van der Waals surface area contributed by atoms with Crippen molar-refractivity contribution in [2.45, 2.75) is 13.3 Å². The minimum atomic E-state index is -0.220. The van der Waals surface area contributed by atoms with E-state index >= 15 is 0 Å². The largest absolute Gasteiger partial charge is 0.506 e. The normalized spacial score (nSPS) is 15.1. The van der Waals surface area contributed by atoms with Crippen molar-refractivity contribution in [3.63, 3.8) is 0 Å². The van der Waals surface area contributed by atoms with E-state index in [1.807, 2.05) is 24.4 Å². The fourth-order valence-electron chi connectivity index (χ4n) is 3.96. The zero-order valence-corrected chi connectivity index (χ0v) is 17.2. The number of phenols is 1. The van der Waals surface area contributed by atoms with Crippen molar-refractivity contribution in [2.75, 3.05) is 44.2 Å². The Morgan fingerprint density at radius 1 is 1.17 bits per heavy atom. The first-order valence-corrected chi connectivity index (χ1v) is 10.5. The average Bonchev–Trinajstić information content (AvgIpc) is 3.16. The van der Waals surface area contributed by atoms with Gasteiger partial charge in [-0.1, -0.05) is 12.1 Å².